The summed E-state index contributed by atoms with van der Waals surface area (Å²) >= 11 is 0. The van der Waals surface area contributed by atoms with Gasteiger partial charge in [0, 0.05) is 12.1 Å². The second kappa shape index (κ2) is 8.20. The van der Waals surface area contributed by atoms with Crippen molar-refractivity contribution in [3.63, 3.8) is 0 Å². The molecule has 0 unspecified atom stereocenters. The van der Waals surface area contributed by atoms with E-state index < -0.39 is 5.92 Å². The summed E-state index contributed by atoms with van der Waals surface area (Å²) in [5.74, 6) is 0.116. The molecule has 0 heterocycles. The van der Waals surface area contributed by atoms with Crippen molar-refractivity contribution in [3.8, 4) is 17.6 Å². The summed E-state index contributed by atoms with van der Waals surface area (Å²) in [4.78, 5) is 12.6. The Kier molecular flexibility index (Phi) is 6.02. The number of anilines is 1. The molecule has 2 aromatic rings. The van der Waals surface area contributed by atoms with Crippen LogP contribution in [0.3, 0.4) is 0 Å². The number of carbonyl (C=O) groups is 1. The third kappa shape index (κ3) is 4.30. The maximum Gasteiger partial charge on any atom is 0.242 e. The van der Waals surface area contributed by atoms with Crippen LogP contribution in [0.25, 0.3) is 0 Å². The molecule has 2 aromatic carbocycles. The molecule has 5 heteroatoms. The largest absolute Gasteiger partial charge is 0.497 e. The molecule has 25 heavy (non-hydrogen) atoms. The number of carbonyl (C=O) groups excluding carboxylic acids is 1. The number of hydrogen-bond donors (Lipinski definition) is 1. The van der Waals surface area contributed by atoms with E-state index in [9.17, 15) is 10.1 Å². The van der Waals surface area contributed by atoms with E-state index >= 15 is 0 Å². The number of nitrogens with one attached hydrogen (secondary N) is 1. The number of methoxy groups -OCH3 is 2. The van der Waals surface area contributed by atoms with Gasteiger partial charge >= 0.3 is 0 Å². The third-order valence-corrected chi connectivity index (χ3v) is 4.25. The fraction of sp³-hybridized carbons (Fsp3) is 0.300. The van der Waals surface area contributed by atoms with E-state index in [0.29, 0.717) is 11.5 Å². The molecule has 2 rings (SSSR count). The molecular weight excluding hydrogens is 316 g/mol. The Morgan fingerprint density at radius 1 is 1.20 bits per heavy atom. The number of hydrogen-bond acceptors (Lipinski definition) is 4. The van der Waals surface area contributed by atoms with Gasteiger partial charge in [0.25, 0.3) is 0 Å². The SMILES string of the molecule is COc1ccc(OC)c(C[C@@H](C#N)C(=O)Nc2cccc(C)c2C)c1. The summed E-state index contributed by atoms with van der Waals surface area (Å²) < 4.78 is 10.5. The number of rotatable bonds is 6. The fourth-order valence-electron chi connectivity index (χ4n) is 2.56. The predicted molar refractivity (Wildman–Crippen MR) is 96.9 cm³/mol. The van der Waals surface area contributed by atoms with Gasteiger partial charge in [-0.1, -0.05) is 12.1 Å². The van der Waals surface area contributed by atoms with Gasteiger partial charge in [-0.15, -0.1) is 0 Å². The van der Waals surface area contributed by atoms with Crippen molar-refractivity contribution in [2.45, 2.75) is 20.3 Å². The molecule has 0 spiro atoms. The smallest absolute Gasteiger partial charge is 0.242 e. The van der Waals surface area contributed by atoms with Crippen molar-refractivity contribution in [3.05, 3.63) is 53.1 Å². The Morgan fingerprint density at radius 2 is 1.96 bits per heavy atom. The lowest BCUT2D eigenvalue weighted by molar-refractivity contribution is -0.118. The van der Waals surface area contributed by atoms with Crippen molar-refractivity contribution < 1.29 is 14.3 Å². The summed E-state index contributed by atoms with van der Waals surface area (Å²) in [6.45, 7) is 3.92. The average Bonchev–Trinajstić information content (AvgIpc) is 2.63. The van der Waals surface area contributed by atoms with Gasteiger partial charge in [0.1, 0.15) is 17.4 Å². The fourth-order valence-corrected chi connectivity index (χ4v) is 2.56. The number of aryl methyl sites for hydroxylation is 1. The third-order valence-electron chi connectivity index (χ3n) is 4.25. The molecule has 0 aliphatic rings. The molecule has 0 bridgehead atoms. The Bertz CT molecular complexity index is 809. The second-order valence-corrected chi connectivity index (χ2v) is 5.80. The van der Waals surface area contributed by atoms with Crippen LogP contribution in [-0.2, 0) is 11.2 Å². The van der Waals surface area contributed by atoms with Gasteiger partial charge in [0.2, 0.25) is 5.91 Å². The molecule has 1 atom stereocenters. The zero-order chi connectivity index (χ0) is 18.4. The van der Waals surface area contributed by atoms with Crippen LogP contribution in [0.5, 0.6) is 11.5 Å². The zero-order valence-electron chi connectivity index (χ0n) is 14.9. The van der Waals surface area contributed by atoms with E-state index in [1.165, 1.54) is 0 Å². The predicted octanol–water partition coefficient (Wildman–Crippen LogP) is 3.64. The molecule has 5 nitrogen and oxygen atoms in total. The molecule has 0 aliphatic heterocycles. The summed E-state index contributed by atoms with van der Waals surface area (Å²) in [6, 6.07) is 13.1. The normalized spacial score (nSPS) is 11.3. The molecule has 0 fully saturated rings. The van der Waals surface area contributed by atoms with Crippen LogP contribution in [0.15, 0.2) is 36.4 Å². The van der Waals surface area contributed by atoms with Crippen LogP contribution >= 0.6 is 0 Å². The lowest BCUT2D eigenvalue weighted by atomic mass is 9.98. The van der Waals surface area contributed by atoms with Gasteiger partial charge in [-0.2, -0.15) is 5.26 Å². The Balaban J connectivity index is 2.21. The van der Waals surface area contributed by atoms with Gasteiger partial charge in [0.05, 0.1) is 20.3 Å². The van der Waals surface area contributed by atoms with Crippen LogP contribution in [0.1, 0.15) is 16.7 Å². The van der Waals surface area contributed by atoms with Gasteiger partial charge in [-0.3, -0.25) is 4.79 Å². The van der Waals surface area contributed by atoms with Crippen LogP contribution in [0.4, 0.5) is 5.69 Å². The first-order chi connectivity index (χ1) is 12.0. The number of amides is 1. The molecule has 1 amide bonds. The first-order valence-electron chi connectivity index (χ1n) is 7.97. The number of ether oxygens (including phenoxy) is 2. The minimum Gasteiger partial charge on any atom is -0.497 e. The number of nitrogens with zero attached hydrogens (tertiary/aromatic N) is 1. The first-order valence-corrected chi connectivity index (χ1v) is 7.97. The van der Waals surface area contributed by atoms with E-state index in [2.05, 4.69) is 11.4 Å². The number of benzene rings is 2. The maximum absolute atomic E-state index is 12.6. The minimum absolute atomic E-state index is 0.244. The molecule has 130 valence electrons. The minimum atomic E-state index is -0.832. The van der Waals surface area contributed by atoms with Crippen molar-refractivity contribution >= 4 is 11.6 Å². The Hall–Kier alpha value is -3.00. The van der Waals surface area contributed by atoms with Crippen molar-refractivity contribution in [1.82, 2.24) is 0 Å². The van der Waals surface area contributed by atoms with E-state index in [1.807, 2.05) is 32.0 Å². The van der Waals surface area contributed by atoms with Crippen LogP contribution in [0, 0.1) is 31.1 Å². The van der Waals surface area contributed by atoms with Gasteiger partial charge in [-0.25, -0.2) is 0 Å². The molecular formula is C20H22N2O3. The lowest BCUT2D eigenvalue weighted by Gasteiger charge is -2.15. The topological polar surface area (TPSA) is 71.3 Å². The summed E-state index contributed by atoms with van der Waals surface area (Å²) in [5, 5.41) is 12.3. The van der Waals surface area contributed by atoms with Gasteiger partial charge in [0.15, 0.2) is 0 Å². The molecule has 0 saturated carbocycles. The van der Waals surface area contributed by atoms with E-state index in [0.717, 1.165) is 22.4 Å². The van der Waals surface area contributed by atoms with Crippen LogP contribution < -0.4 is 14.8 Å². The van der Waals surface area contributed by atoms with Crippen molar-refractivity contribution in [1.29, 1.82) is 5.26 Å². The van der Waals surface area contributed by atoms with Gasteiger partial charge < -0.3 is 14.8 Å². The highest BCUT2D eigenvalue weighted by Crippen LogP contribution is 2.27. The average molecular weight is 338 g/mol. The number of nitriles is 1. The monoisotopic (exact) mass is 338 g/mol. The zero-order valence-corrected chi connectivity index (χ0v) is 14.9. The van der Waals surface area contributed by atoms with Crippen LogP contribution in [0.2, 0.25) is 0 Å². The van der Waals surface area contributed by atoms with E-state index in [1.54, 1.807) is 32.4 Å². The Morgan fingerprint density at radius 3 is 2.60 bits per heavy atom. The van der Waals surface area contributed by atoms with E-state index in [-0.39, 0.29) is 12.3 Å². The standard InChI is InChI=1S/C20H22N2O3/c1-13-6-5-7-18(14(13)2)22-20(23)16(12-21)10-15-11-17(24-3)8-9-19(15)25-4/h5-9,11,16H,10H2,1-4H3,(H,22,23)/t16-/m0/s1. The quantitative estimate of drug-likeness (QED) is 0.873. The van der Waals surface area contributed by atoms with E-state index in [4.69, 9.17) is 9.47 Å². The summed E-state index contributed by atoms with van der Waals surface area (Å²) in [7, 11) is 3.13. The highest BCUT2D eigenvalue weighted by Gasteiger charge is 2.21. The van der Waals surface area contributed by atoms with Gasteiger partial charge in [-0.05, 0) is 54.8 Å². The molecule has 0 aromatic heterocycles. The molecule has 0 radical (unpaired) electrons. The van der Waals surface area contributed by atoms with Crippen molar-refractivity contribution in [2.75, 3.05) is 19.5 Å². The lowest BCUT2D eigenvalue weighted by Crippen LogP contribution is -2.24. The second-order valence-electron chi connectivity index (χ2n) is 5.80. The van der Waals surface area contributed by atoms with Crippen LogP contribution in [-0.4, -0.2) is 20.1 Å². The molecule has 1 N–H and O–H groups in total. The highest BCUT2D eigenvalue weighted by atomic mass is 16.5. The van der Waals surface area contributed by atoms with Crippen molar-refractivity contribution in [2.24, 2.45) is 5.92 Å². The first kappa shape index (κ1) is 18.3. The molecule has 0 saturated heterocycles. The summed E-state index contributed by atoms with van der Waals surface area (Å²) in [6.07, 6.45) is 0.244. The molecule has 0 aliphatic carbocycles. The maximum atomic E-state index is 12.6. The summed E-state index contributed by atoms with van der Waals surface area (Å²) in [5.41, 5.74) is 3.56. The highest BCUT2D eigenvalue weighted by molar-refractivity contribution is 5.95. The Labute approximate surface area is 148 Å².